The van der Waals surface area contributed by atoms with Crippen LogP contribution in [0.1, 0.15) is 24.8 Å². The summed E-state index contributed by atoms with van der Waals surface area (Å²) < 4.78 is 14.8. The molecule has 27 heavy (non-hydrogen) atoms. The smallest absolute Gasteiger partial charge is 0.250 e. The number of benzene rings is 1. The van der Waals surface area contributed by atoms with Gasteiger partial charge < -0.3 is 9.80 Å². The van der Waals surface area contributed by atoms with Crippen LogP contribution in [0.5, 0.6) is 0 Å². The minimum atomic E-state index is -0.698. The van der Waals surface area contributed by atoms with E-state index in [4.69, 9.17) is 0 Å². The van der Waals surface area contributed by atoms with Gasteiger partial charge in [0.05, 0.1) is 6.42 Å². The Balaban J connectivity index is 1.45. The highest BCUT2D eigenvalue weighted by Crippen LogP contribution is 2.33. The molecule has 2 aliphatic rings. The van der Waals surface area contributed by atoms with Gasteiger partial charge in [0.25, 0.3) is 5.91 Å². The monoisotopic (exact) mass is 370 g/mol. The summed E-state index contributed by atoms with van der Waals surface area (Å²) in [5, 5.41) is 4.35. The molecule has 4 rings (SSSR count). The summed E-state index contributed by atoms with van der Waals surface area (Å²) in [4.78, 5) is 29.4. The molecule has 0 spiro atoms. The maximum Gasteiger partial charge on any atom is 0.250 e. The number of rotatable bonds is 4. The molecule has 0 unspecified atom stereocenters. The molecule has 2 aromatic rings. The van der Waals surface area contributed by atoms with Crippen LogP contribution in [-0.4, -0.2) is 57.6 Å². The van der Waals surface area contributed by atoms with E-state index in [1.165, 1.54) is 12.1 Å². The van der Waals surface area contributed by atoms with Gasteiger partial charge in [-0.05, 0) is 43.0 Å². The topological polar surface area (TPSA) is 58.4 Å². The Labute approximate surface area is 157 Å². The lowest BCUT2D eigenvalue weighted by Gasteiger charge is -2.45. The van der Waals surface area contributed by atoms with E-state index in [-0.39, 0.29) is 24.1 Å². The molecule has 0 atom stereocenters. The number of hydrogen-bond donors (Lipinski definition) is 0. The SMILES string of the molecule is O=C(Cc1ccc(F)cc1)N1CCC(C(=O)N2CCC2)(n2cccn2)CC1. The molecule has 0 saturated carbocycles. The largest absolute Gasteiger partial charge is 0.342 e. The number of carbonyl (C=O) groups is 2. The van der Waals surface area contributed by atoms with Gasteiger partial charge in [-0.3, -0.25) is 14.3 Å². The van der Waals surface area contributed by atoms with Gasteiger partial charge in [-0.1, -0.05) is 12.1 Å². The van der Waals surface area contributed by atoms with Crippen molar-refractivity contribution in [2.75, 3.05) is 26.2 Å². The zero-order valence-corrected chi connectivity index (χ0v) is 15.2. The molecule has 0 N–H and O–H groups in total. The molecule has 2 amide bonds. The Morgan fingerprint density at radius 2 is 1.74 bits per heavy atom. The van der Waals surface area contributed by atoms with E-state index in [1.807, 2.05) is 17.2 Å². The Kier molecular flexibility index (Phi) is 4.68. The van der Waals surface area contributed by atoms with E-state index >= 15 is 0 Å². The first kappa shape index (κ1) is 17.7. The molecule has 3 heterocycles. The van der Waals surface area contributed by atoms with Gasteiger partial charge in [0, 0.05) is 38.6 Å². The van der Waals surface area contributed by atoms with Crippen LogP contribution in [0, 0.1) is 5.82 Å². The molecule has 142 valence electrons. The Bertz CT molecular complexity index is 807. The quantitative estimate of drug-likeness (QED) is 0.825. The second kappa shape index (κ2) is 7.13. The third kappa shape index (κ3) is 3.34. The molecule has 7 heteroatoms. The summed E-state index contributed by atoms with van der Waals surface area (Å²) in [6.07, 6.45) is 5.93. The average molecular weight is 370 g/mol. The number of amides is 2. The van der Waals surface area contributed by atoms with Crippen molar-refractivity contribution in [3.05, 3.63) is 54.1 Å². The predicted octanol–water partition coefficient (Wildman–Crippen LogP) is 1.81. The maximum atomic E-state index is 13.1. The first-order valence-corrected chi connectivity index (χ1v) is 9.40. The number of aromatic nitrogens is 2. The average Bonchev–Trinajstić information content (AvgIpc) is 3.17. The first-order valence-electron chi connectivity index (χ1n) is 9.40. The van der Waals surface area contributed by atoms with Gasteiger partial charge in [0.15, 0.2) is 0 Å². The summed E-state index contributed by atoms with van der Waals surface area (Å²) in [7, 11) is 0. The van der Waals surface area contributed by atoms with Crippen molar-refractivity contribution in [1.82, 2.24) is 19.6 Å². The van der Waals surface area contributed by atoms with Crippen LogP contribution in [0.2, 0.25) is 0 Å². The van der Waals surface area contributed by atoms with Crippen LogP contribution in [0.15, 0.2) is 42.7 Å². The van der Waals surface area contributed by atoms with Crippen LogP contribution < -0.4 is 0 Å². The molecule has 0 aliphatic carbocycles. The van der Waals surface area contributed by atoms with Gasteiger partial charge in [0.1, 0.15) is 11.4 Å². The number of likely N-dealkylation sites (tertiary alicyclic amines) is 2. The van der Waals surface area contributed by atoms with Crippen LogP contribution >= 0.6 is 0 Å². The molecule has 2 fully saturated rings. The molecule has 0 bridgehead atoms. The summed E-state index contributed by atoms with van der Waals surface area (Å²) >= 11 is 0. The Morgan fingerprint density at radius 3 is 2.30 bits per heavy atom. The van der Waals surface area contributed by atoms with Gasteiger partial charge in [-0.15, -0.1) is 0 Å². The third-order valence-electron chi connectivity index (χ3n) is 5.70. The zero-order valence-electron chi connectivity index (χ0n) is 15.2. The van der Waals surface area contributed by atoms with Crippen molar-refractivity contribution >= 4 is 11.8 Å². The van der Waals surface area contributed by atoms with E-state index in [9.17, 15) is 14.0 Å². The standard InChI is InChI=1S/C20H23FN4O2/c21-17-5-3-16(4-6-17)15-18(26)23-13-7-20(8-14-23,25-12-1-9-22-25)19(27)24-10-2-11-24/h1,3-6,9,12H,2,7-8,10-11,13-15H2. The van der Waals surface area contributed by atoms with Gasteiger partial charge in [0.2, 0.25) is 5.91 Å². The molecular weight excluding hydrogens is 347 g/mol. The van der Waals surface area contributed by atoms with Crippen LogP contribution in [0.4, 0.5) is 4.39 Å². The molecule has 6 nitrogen and oxygen atoms in total. The summed E-state index contributed by atoms with van der Waals surface area (Å²) in [6.45, 7) is 2.63. The second-order valence-corrected chi connectivity index (χ2v) is 7.31. The van der Waals surface area contributed by atoms with Gasteiger partial charge in [-0.25, -0.2) is 4.39 Å². The highest BCUT2D eigenvalue weighted by atomic mass is 19.1. The first-order chi connectivity index (χ1) is 13.1. The highest BCUT2D eigenvalue weighted by molar-refractivity contribution is 5.86. The number of hydrogen-bond acceptors (Lipinski definition) is 3. The fraction of sp³-hybridized carbons (Fsp3) is 0.450. The minimum absolute atomic E-state index is 0.00655. The lowest BCUT2D eigenvalue weighted by atomic mass is 9.85. The van der Waals surface area contributed by atoms with Crippen LogP contribution in [0.25, 0.3) is 0 Å². The van der Waals surface area contributed by atoms with E-state index in [0.717, 1.165) is 25.1 Å². The minimum Gasteiger partial charge on any atom is -0.342 e. The molecule has 2 saturated heterocycles. The van der Waals surface area contributed by atoms with Gasteiger partial charge in [-0.2, -0.15) is 5.10 Å². The molecule has 1 aromatic carbocycles. The summed E-state index contributed by atoms with van der Waals surface area (Å²) in [6, 6.07) is 7.84. The zero-order chi connectivity index (χ0) is 18.9. The molecule has 2 aliphatic heterocycles. The highest BCUT2D eigenvalue weighted by Gasteiger charge is 2.47. The lowest BCUT2D eigenvalue weighted by Crippen LogP contribution is -2.59. The molecular formula is C20H23FN4O2. The van der Waals surface area contributed by atoms with Crippen molar-refractivity contribution in [2.24, 2.45) is 0 Å². The van der Waals surface area contributed by atoms with Crippen LogP contribution in [-0.2, 0) is 21.5 Å². The predicted molar refractivity (Wildman–Crippen MR) is 97.3 cm³/mol. The maximum absolute atomic E-state index is 13.1. The van der Waals surface area contributed by atoms with Crippen molar-refractivity contribution in [3.63, 3.8) is 0 Å². The Morgan fingerprint density at radius 1 is 1.04 bits per heavy atom. The fourth-order valence-corrected chi connectivity index (χ4v) is 3.89. The number of piperidine rings is 1. The van der Waals surface area contributed by atoms with Crippen LogP contribution in [0.3, 0.4) is 0 Å². The number of halogens is 1. The molecule has 0 radical (unpaired) electrons. The van der Waals surface area contributed by atoms with Gasteiger partial charge >= 0.3 is 0 Å². The van der Waals surface area contributed by atoms with Crippen molar-refractivity contribution in [3.8, 4) is 0 Å². The summed E-state index contributed by atoms with van der Waals surface area (Å²) in [5.74, 6) is -0.187. The van der Waals surface area contributed by atoms with E-state index in [0.29, 0.717) is 25.9 Å². The lowest BCUT2D eigenvalue weighted by molar-refractivity contribution is -0.150. The number of nitrogens with zero attached hydrogens (tertiary/aromatic N) is 4. The molecule has 1 aromatic heterocycles. The van der Waals surface area contributed by atoms with E-state index in [2.05, 4.69) is 5.10 Å². The van der Waals surface area contributed by atoms with E-state index in [1.54, 1.807) is 27.9 Å². The summed E-state index contributed by atoms with van der Waals surface area (Å²) in [5.41, 5.74) is 0.0956. The van der Waals surface area contributed by atoms with Crippen molar-refractivity contribution in [2.45, 2.75) is 31.2 Å². The second-order valence-electron chi connectivity index (χ2n) is 7.31. The van der Waals surface area contributed by atoms with Crippen molar-refractivity contribution in [1.29, 1.82) is 0 Å². The normalized spacial score (nSPS) is 18.9. The number of carbonyl (C=O) groups excluding carboxylic acids is 2. The van der Waals surface area contributed by atoms with Crippen molar-refractivity contribution < 1.29 is 14.0 Å². The Hall–Kier alpha value is -2.70. The van der Waals surface area contributed by atoms with E-state index < -0.39 is 5.54 Å². The fourth-order valence-electron chi connectivity index (χ4n) is 3.89. The third-order valence-corrected chi connectivity index (χ3v) is 5.70.